The lowest BCUT2D eigenvalue weighted by molar-refractivity contribution is 0.0853. The molecule has 1 aliphatic carbocycles. The van der Waals surface area contributed by atoms with E-state index in [-0.39, 0.29) is 28.9 Å². The summed E-state index contributed by atoms with van der Waals surface area (Å²) in [4.78, 5) is 12.2. The Balaban J connectivity index is 2.10. The minimum Gasteiger partial charge on any atom is -0.504 e. The molecule has 1 saturated carbocycles. The molecule has 0 aromatic heterocycles. The fraction of sp³-hybridized carbons (Fsp3) is 0.533. The van der Waals surface area contributed by atoms with Crippen LogP contribution in [0.4, 0.5) is 0 Å². The van der Waals surface area contributed by atoms with Crippen molar-refractivity contribution in [3.63, 3.8) is 0 Å². The molecule has 4 heteroatoms. The number of amides is 1. The number of aromatic hydroxyl groups is 2. The van der Waals surface area contributed by atoms with Crippen LogP contribution >= 0.6 is 0 Å². The van der Waals surface area contributed by atoms with E-state index in [1.165, 1.54) is 24.6 Å². The number of carbonyl (C=O) groups is 1. The number of phenols is 2. The fourth-order valence-electron chi connectivity index (χ4n) is 2.67. The van der Waals surface area contributed by atoms with Crippen LogP contribution < -0.4 is 5.32 Å². The second-order valence-corrected chi connectivity index (χ2v) is 5.96. The Morgan fingerprint density at radius 3 is 2.63 bits per heavy atom. The largest absolute Gasteiger partial charge is 0.504 e. The summed E-state index contributed by atoms with van der Waals surface area (Å²) in [6, 6.07) is 4.29. The van der Waals surface area contributed by atoms with Crippen molar-refractivity contribution in [2.45, 2.75) is 45.6 Å². The molecule has 0 heterocycles. The summed E-state index contributed by atoms with van der Waals surface area (Å²) in [7, 11) is 0. The smallest absolute Gasteiger partial charge is 0.251 e. The van der Waals surface area contributed by atoms with Gasteiger partial charge in [0.05, 0.1) is 0 Å². The van der Waals surface area contributed by atoms with Crippen LogP contribution in [-0.2, 0) is 0 Å². The van der Waals surface area contributed by atoms with Crippen LogP contribution in [0.15, 0.2) is 18.2 Å². The molecule has 104 valence electrons. The first-order chi connectivity index (χ1) is 8.90. The summed E-state index contributed by atoms with van der Waals surface area (Å²) in [5, 5.41) is 21.7. The Morgan fingerprint density at radius 1 is 1.26 bits per heavy atom. The molecule has 1 aromatic carbocycles. The van der Waals surface area contributed by atoms with Gasteiger partial charge in [-0.2, -0.15) is 0 Å². The van der Waals surface area contributed by atoms with Gasteiger partial charge in [0.1, 0.15) is 0 Å². The monoisotopic (exact) mass is 263 g/mol. The van der Waals surface area contributed by atoms with Crippen molar-refractivity contribution in [2.24, 2.45) is 5.41 Å². The van der Waals surface area contributed by atoms with Gasteiger partial charge < -0.3 is 15.5 Å². The van der Waals surface area contributed by atoms with E-state index in [0.29, 0.717) is 5.56 Å². The predicted octanol–water partition coefficient (Wildman–Crippen LogP) is 2.80. The lowest BCUT2D eigenvalue weighted by atomic mass is 9.73. The van der Waals surface area contributed by atoms with Crippen LogP contribution in [0.5, 0.6) is 11.5 Å². The Bertz CT molecular complexity index is 482. The first-order valence-corrected chi connectivity index (χ1v) is 6.73. The normalized spacial score (nSPS) is 21.9. The molecule has 0 spiro atoms. The van der Waals surface area contributed by atoms with Gasteiger partial charge in [-0.15, -0.1) is 0 Å². The van der Waals surface area contributed by atoms with E-state index in [1.807, 2.05) is 0 Å². The van der Waals surface area contributed by atoms with Crippen LogP contribution in [0.1, 0.15) is 49.9 Å². The Labute approximate surface area is 113 Å². The van der Waals surface area contributed by atoms with E-state index in [9.17, 15) is 15.0 Å². The molecule has 1 amide bonds. The van der Waals surface area contributed by atoms with Gasteiger partial charge in [0.2, 0.25) is 0 Å². The second kappa shape index (κ2) is 5.11. The molecular weight excluding hydrogens is 242 g/mol. The summed E-state index contributed by atoms with van der Waals surface area (Å²) in [5.41, 5.74) is 0.476. The number of rotatable bonds is 2. The quantitative estimate of drug-likeness (QED) is 0.719. The Morgan fingerprint density at radius 2 is 2.00 bits per heavy atom. The van der Waals surface area contributed by atoms with Crippen LogP contribution in [0.2, 0.25) is 0 Å². The van der Waals surface area contributed by atoms with Gasteiger partial charge >= 0.3 is 0 Å². The maximum atomic E-state index is 12.2. The molecule has 1 unspecified atom stereocenters. The standard InChI is InChI=1S/C15H21NO3/c1-15(2)8-4-3-5-13(15)16-14(19)10-6-7-11(17)12(18)9-10/h6-7,9,13,17-18H,3-5,8H2,1-2H3,(H,16,19). The fourth-order valence-corrected chi connectivity index (χ4v) is 2.67. The van der Waals surface area contributed by atoms with Crippen LogP contribution in [-0.4, -0.2) is 22.2 Å². The van der Waals surface area contributed by atoms with Crippen molar-refractivity contribution in [1.29, 1.82) is 0 Å². The van der Waals surface area contributed by atoms with Crippen molar-refractivity contribution in [3.05, 3.63) is 23.8 Å². The van der Waals surface area contributed by atoms with Gasteiger partial charge in [0.15, 0.2) is 11.5 Å². The van der Waals surface area contributed by atoms with Crippen molar-refractivity contribution in [2.75, 3.05) is 0 Å². The number of hydrogen-bond donors (Lipinski definition) is 3. The molecule has 0 radical (unpaired) electrons. The SMILES string of the molecule is CC1(C)CCCCC1NC(=O)c1ccc(O)c(O)c1. The Kier molecular flexibility index (Phi) is 3.69. The van der Waals surface area contributed by atoms with E-state index in [4.69, 9.17) is 0 Å². The van der Waals surface area contributed by atoms with Gasteiger partial charge in [-0.3, -0.25) is 4.79 Å². The number of benzene rings is 1. The van der Waals surface area contributed by atoms with Crippen LogP contribution in [0, 0.1) is 5.41 Å². The number of phenolic OH excluding ortho intramolecular Hbond substituents is 2. The zero-order valence-electron chi connectivity index (χ0n) is 11.4. The maximum absolute atomic E-state index is 12.2. The minimum atomic E-state index is -0.268. The molecule has 3 N–H and O–H groups in total. The van der Waals surface area contributed by atoms with Crippen molar-refractivity contribution < 1.29 is 15.0 Å². The van der Waals surface area contributed by atoms with Crippen molar-refractivity contribution >= 4 is 5.91 Å². The summed E-state index contributed by atoms with van der Waals surface area (Å²) >= 11 is 0. The zero-order chi connectivity index (χ0) is 14.0. The third-order valence-corrected chi connectivity index (χ3v) is 4.05. The highest BCUT2D eigenvalue weighted by Crippen LogP contribution is 2.35. The molecule has 0 saturated heterocycles. The lowest BCUT2D eigenvalue weighted by Crippen LogP contribution is -2.46. The molecule has 1 aliphatic rings. The molecular formula is C15H21NO3. The van der Waals surface area contributed by atoms with E-state index < -0.39 is 0 Å². The van der Waals surface area contributed by atoms with Gasteiger partial charge in [-0.05, 0) is 36.5 Å². The van der Waals surface area contributed by atoms with Crippen molar-refractivity contribution in [3.8, 4) is 11.5 Å². The second-order valence-electron chi connectivity index (χ2n) is 5.96. The zero-order valence-corrected chi connectivity index (χ0v) is 11.4. The highest BCUT2D eigenvalue weighted by atomic mass is 16.3. The van der Waals surface area contributed by atoms with Gasteiger partial charge in [0, 0.05) is 11.6 Å². The summed E-state index contributed by atoms with van der Waals surface area (Å²) < 4.78 is 0. The molecule has 1 atom stereocenters. The molecule has 1 aromatic rings. The topological polar surface area (TPSA) is 69.6 Å². The van der Waals surface area contributed by atoms with Gasteiger partial charge in [-0.25, -0.2) is 0 Å². The van der Waals surface area contributed by atoms with Gasteiger partial charge in [0.25, 0.3) is 5.91 Å². The van der Waals surface area contributed by atoms with Crippen molar-refractivity contribution in [1.82, 2.24) is 5.32 Å². The maximum Gasteiger partial charge on any atom is 0.251 e. The molecule has 2 rings (SSSR count). The first-order valence-electron chi connectivity index (χ1n) is 6.73. The van der Waals surface area contributed by atoms with Crippen LogP contribution in [0.25, 0.3) is 0 Å². The average molecular weight is 263 g/mol. The van der Waals surface area contributed by atoms with E-state index >= 15 is 0 Å². The lowest BCUT2D eigenvalue weighted by Gasteiger charge is -2.39. The highest BCUT2D eigenvalue weighted by Gasteiger charge is 2.33. The number of carbonyl (C=O) groups excluding carboxylic acids is 1. The van der Waals surface area contributed by atoms with E-state index in [1.54, 1.807) is 0 Å². The van der Waals surface area contributed by atoms with E-state index in [2.05, 4.69) is 19.2 Å². The molecule has 4 nitrogen and oxygen atoms in total. The third-order valence-electron chi connectivity index (χ3n) is 4.05. The summed E-state index contributed by atoms with van der Waals surface area (Å²) in [6.07, 6.45) is 4.44. The summed E-state index contributed by atoms with van der Waals surface area (Å²) in [6.45, 7) is 4.34. The predicted molar refractivity (Wildman–Crippen MR) is 73.3 cm³/mol. The number of nitrogens with one attached hydrogen (secondary N) is 1. The van der Waals surface area contributed by atoms with Crippen LogP contribution in [0.3, 0.4) is 0 Å². The van der Waals surface area contributed by atoms with Gasteiger partial charge in [-0.1, -0.05) is 26.7 Å². The average Bonchev–Trinajstić information content (AvgIpc) is 2.35. The highest BCUT2D eigenvalue weighted by molar-refractivity contribution is 5.95. The third kappa shape index (κ3) is 3.00. The molecule has 19 heavy (non-hydrogen) atoms. The molecule has 0 aliphatic heterocycles. The Hall–Kier alpha value is -1.71. The first kappa shape index (κ1) is 13.7. The molecule has 0 bridgehead atoms. The number of hydrogen-bond acceptors (Lipinski definition) is 3. The summed E-state index contributed by atoms with van der Waals surface area (Å²) in [5.74, 6) is -0.680. The minimum absolute atomic E-state index is 0.104. The molecule has 1 fully saturated rings. The van der Waals surface area contributed by atoms with E-state index in [0.717, 1.165) is 19.3 Å².